The summed E-state index contributed by atoms with van der Waals surface area (Å²) >= 11 is 0. The van der Waals surface area contributed by atoms with Crippen LogP contribution < -0.4 is 10.5 Å². The number of ketones is 1. The molecule has 0 saturated carbocycles. The maximum absolute atomic E-state index is 12.8. The molecule has 0 aliphatic carbocycles. The number of primary amides is 1. The fraction of sp³-hybridized carbons (Fsp3) is 0.364. The second-order valence-electron chi connectivity index (χ2n) is 6.74. The van der Waals surface area contributed by atoms with Crippen molar-refractivity contribution in [2.24, 2.45) is 11.7 Å². The number of nitrogens with two attached hydrogens (primary N) is 1. The normalized spacial score (nSPS) is 12.6. The Bertz CT molecular complexity index is 795. The Hall–Kier alpha value is -3.22. The van der Waals surface area contributed by atoms with Gasteiger partial charge in [-0.3, -0.25) is 14.4 Å². The van der Waals surface area contributed by atoms with Crippen molar-refractivity contribution in [1.82, 2.24) is 4.98 Å². The average molecular weight is 398 g/mol. The van der Waals surface area contributed by atoms with Crippen molar-refractivity contribution in [3.8, 4) is 5.88 Å². The molecule has 154 valence electrons. The molecule has 7 nitrogen and oxygen atoms in total. The number of esters is 1. The molecule has 1 aromatic heterocycles. The highest BCUT2D eigenvalue weighted by Crippen LogP contribution is 2.21. The Morgan fingerprint density at radius 3 is 2.41 bits per heavy atom. The van der Waals surface area contributed by atoms with Crippen LogP contribution in [0.15, 0.2) is 54.7 Å². The van der Waals surface area contributed by atoms with Gasteiger partial charge < -0.3 is 15.2 Å². The zero-order valence-electron chi connectivity index (χ0n) is 16.5. The third kappa shape index (κ3) is 8.13. The van der Waals surface area contributed by atoms with Crippen LogP contribution in [0.25, 0.3) is 0 Å². The van der Waals surface area contributed by atoms with Gasteiger partial charge in [0, 0.05) is 37.9 Å². The first-order valence-electron chi connectivity index (χ1n) is 9.51. The number of benzene rings is 1. The van der Waals surface area contributed by atoms with Crippen LogP contribution in [0.5, 0.6) is 5.88 Å². The van der Waals surface area contributed by atoms with Crippen molar-refractivity contribution in [2.75, 3.05) is 6.61 Å². The highest BCUT2D eigenvalue weighted by molar-refractivity contribution is 5.86. The number of pyridine rings is 1. The van der Waals surface area contributed by atoms with Gasteiger partial charge in [0.05, 0.1) is 6.61 Å². The van der Waals surface area contributed by atoms with Gasteiger partial charge in [0.2, 0.25) is 11.8 Å². The summed E-state index contributed by atoms with van der Waals surface area (Å²) < 4.78 is 10.8. The molecule has 1 heterocycles. The first-order chi connectivity index (χ1) is 14.0. The summed E-state index contributed by atoms with van der Waals surface area (Å²) in [7, 11) is 0. The van der Waals surface area contributed by atoms with E-state index in [4.69, 9.17) is 15.2 Å². The van der Waals surface area contributed by atoms with Gasteiger partial charge in [0.1, 0.15) is 0 Å². The summed E-state index contributed by atoms with van der Waals surface area (Å²) in [4.78, 5) is 40.0. The third-order valence-corrected chi connectivity index (χ3v) is 4.30. The van der Waals surface area contributed by atoms with Gasteiger partial charge >= 0.3 is 5.97 Å². The lowest BCUT2D eigenvalue weighted by Gasteiger charge is -2.25. The summed E-state index contributed by atoms with van der Waals surface area (Å²) in [6.45, 7) is 1.54. The van der Waals surface area contributed by atoms with Crippen molar-refractivity contribution in [1.29, 1.82) is 0 Å². The quantitative estimate of drug-likeness (QED) is 0.435. The molecule has 7 heteroatoms. The SMILES string of the molecule is CC(=O)O[C@@H](C(=O)CCCOc1ccccn1)[C@H](CC(N)=O)Cc1ccccc1. The number of nitrogens with zero attached hydrogens (tertiary/aromatic N) is 1. The largest absolute Gasteiger partial charge is 0.478 e. The highest BCUT2D eigenvalue weighted by atomic mass is 16.5. The molecule has 0 bridgehead atoms. The molecule has 0 aliphatic heterocycles. The number of carbonyl (C=O) groups is 3. The molecule has 0 spiro atoms. The lowest BCUT2D eigenvalue weighted by Crippen LogP contribution is -2.37. The topological polar surface area (TPSA) is 109 Å². The smallest absolute Gasteiger partial charge is 0.303 e. The van der Waals surface area contributed by atoms with Crippen LogP contribution in [-0.2, 0) is 25.5 Å². The average Bonchev–Trinajstić information content (AvgIpc) is 2.70. The molecule has 2 atom stereocenters. The Morgan fingerprint density at radius 1 is 1.07 bits per heavy atom. The Kier molecular flexibility index (Phi) is 8.82. The molecule has 0 saturated heterocycles. The molecule has 0 radical (unpaired) electrons. The van der Waals surface area contributed by atoms with Crippen LogP contribution in [0.3, 0.4) is 0 Å². The van der Waals surface area contributed by atoms with Crippen LogP contribution in [-0.4, -0.2) is 35.4 Å². The van der Waals surface area contributed by atoms with E-state index < -0.39 is 23.9 Å². The maximum Gasteiger partial charge on any atom is 0.303 e. The van der Waals surface area contributed by atoms with E-state index in [1.165, 1.54) is 6.92 Å². The Morgan fingerprint density at radius 2 is 1.79 bits per heavy atom. The molecule has 2 rings (SSSR count). The van der Waals surface area contributed by atoms with Gasteiger partial charge in [-0.05, 0) is 24.5 Å². The van der Waals surface area contributed by atoms with E-state index in [1.807, 2.05) is 36.4 Å². The van der Waals surface area contributed by atoms with Crippen LogP contribution in [0.1, 0.15) is 31.7 Å². The third-order valence-electron chi connectivity index (χ3n) is 4.30. The predicted molar refractivity (Wildman–Crippen MR) is 107 cm³/mol. The lowest BCUT2D eigenvalue weighted by molar-refractivity contribution is -0.157. The van der Waals surface area contributed by atoms with Gasteiger partial charge in [0.15, 0.2) is 11.9 Å². The van der Waals surface area contributed by atoms with E-state index in [2.05, 4.69) is 4.98 Å². The minimum absolute atomic E-state index is 0.0526. The molecular formula is C22H26N2O5. The standard InChI is InChI=1S/C22H26N2O5/c1-16(25)29-22(18(15-20(23)27)14-17-8-3-2-4-9-17)19(26)10-7-13-28-21-11-5-6-12-24-21/h2-6,8-9,11-12,18,22H,7,10,13-15H2,1H3,(H2,23,27)/t18-,22+/m0/s1. The fourth-order valence-electron chi connectivity index (χ4n) is 3.06. The van der Waals surface area contributed by atoms with Gasteiger partial charge in [-0.25, -0.2) is 4.98 Å². The summed E-state index contributed by atoms with van der Waals surface area (Å²) in [5, 5.41) is 0. The highest BCUT2D eigenvalue weighted by Gasteiger charge is 2.32. The number of carbonyl (C=O) groups excluding carboxylic acids is 3. The molecule has 1 aromatic carbocycles. The maximum atomic E-state index is 12.8. The first-order valence-corrected chi connectivity index (χ1v) is 9.51. The minimum Gasteiger partial charge on any atom is -0.478 e. The predicted octanol–water partition coefficient (Wildman–Crippen LogP) is 2.48. The zero-order valence-corrected chi connectivity index (χ0v) is 16.5. The number of rotatable bonds is 12. The second-order valence-corrected chi connectivity index (χ2v) is 6.74. The lowest BCUT2D eigenvalue weighted by atomic mass is 9.87. The van der Waals surface area contributed by atoms with E-state index >= 15 is 0 Å². The molecular weight excluding hydrogens is 372 g/mol. The fourth-order valence-corrected chi connectivity index (χ4v) is 3.06. The second kappa shape index (κ2) is 11.6. The van der Waals surface area contributed by atoms with Gasteiger partial charge in [-0.2, -0.15) is 0 Å². The number of aromatic nitrogens is 1. The number of ether oxygens (including phenoxy) is 2. The number of hydrogen-bond acceptors (Lipinski definition) is 6. The van der Waals surface area contributed by atoms with E-state index in [9.17, 15) is 14.4 Å². The molecule has 0 unspecified atom stereocenters. The number of hydrogen-bond donors (Lipinski definition) is 1. The summed E-state index contributed by atoms with van der Waals surface area (Å²) in [5.41, 5.74) is 6.32. The van der Waals surface area contributed by atoms with Crippen molar-refractivity contribution in [3.05, 3.63) is 60.3 Å². The number of amides is 1. The van der Waals surface area contributed by atoms with E-state index in [1.54, 1.807) is 18.3 Å². The van der Waals surface area contributed by atoms with Crippen LogP contribution in [0, 0.1) is 5.92 Å². The number of Topliss-reactive ketones (excluding diaryl/α,β-unsaturated/α-hetero) is 1. The molecule has 2 aromatic rings. The van der Waals surface area contributed by atoms with E-state index in [-0.39, 0.29) is 18.6 Å². The van der Waals surface area contributed by atoms with Crippen molar-refractivity contribution < 1.29 is 23.9 Å². The first kappa shape index (κ1) is 22.1. The molecule has 2 N–H and O–H groups in total. The Labute approximate surface area is 170 Å². The van der Waals surface area contributed by atoms with Crippen molar-refractivity contribution >= 4 is 17.7 Å². The van der Waals surface area contributed by atoms with E-state index in [0.29, 0.717) is 25.3 Å². The Balaban J connectivity index is 2.01. The summed E-state index contributed by atoms with van der Waals surface area (Å²) in [5.74, 6) is -1.42. The van der Waals surface area contributed by atoms with Crippen molar-refractivity contribution in [2.45, 2.75) is 38.7 Å². The monoisotopic (exact) mass is 398 g/mol. The van der Waals surface area contributed by atoms with Gasteiger partial charge in [0.25, 0.3) is 0 Å². The van der Waals surface area contributed by atoms with Crippen LogP contribution in [0.4, 0.5) is 0 Å². The van der Waals surface area contributed by atoms with Crippen LogP contribution in [0.2, 0.25) is 0 Å². The summed E-state index contributed by atoms with van der Waals surface area (Å²) in [6.07, 6.45) is 1.52. The zero-order chi connectivity index (χ0) is 21.1. The van der Waals surface area contributed by atoms with E-state index in [0.717, 1.165) is 5.56 Å². The molecule has 0 fully saturated rings. The van der Waals surface area contributed by atoms with Gasteiger partial charge in [-0.1, -0.05) is 36.4 Å². The van der Waals surface area contributed by atoms with Crippen LogP contribution >= 0.6 is 0 Å². The molecule has 0 aliphatic rings. The van der Waals surface area contributed by atoms with Gasteiger partial charge in [-0.15, -0.1) is 0 Å². The summed E-state index contributed by atoms with van der Waals surface area (Å²) in [6, 6.07) is 14.7. The minimum atomic E-state index is -1.03. The molecule has 29 heavy (non-hydrogen) atoms. The van der Waals surface area contributed by atoms with Crippen molar-refractivity contribution in [3.63, 3.8) is 0 Å². The molecule has 1 amide bonds.